The van der Waals surface area contributed by atoms with Gasteiger partial charge in [-0.3, -0.25) is 9.59 Å². The number of hydrogen-bond donors (Lipinski definition) is 2. The lowest BCUT2D eigenvalue weighted by Crippen LogP contribution is -2.41. The molecule has 0 aliphatic heterocycles. The topological polar surface area (TPSA) is 63.6 Å². The lowest BCUT2D eigenvalue weighted by atomic mass is 9.93. The van der Waals surface area contributed by atoms with Crippen LogP contribution in [0.4, 0.5) is 0 Å². The molecule has 0 amide bonds. The van der Waals surface area contributed by atoms with E-state index in [1.807, 2.05) is 0 Å². The van der Waals surface area contributed by atoms with Gasteiger partial charge >= 0.3 is 5.97 Å². The zero-order valence-electron chi connectivity index (χ0n) is 12.0. The first-order valence-corrected chi connectivity index (χ1v) is 7.52. The van der Waals surface area contributed by atoms with E-state index in [-0.39, 0.29) is 6.42 Å². The van der Waals surface area contributed by atoms with Gasteiger partial charge in [-0.1, -0.05) is 46.0 Å². The summed E-state index contributed by atoms with van der Waals surface area (Å²) in [4.78, 5) is 22.7. The zero-order chi connectivity index (χ0) is 14.7. The first-order valence-electron chi connectivity index (χ1n) is 7.07. The summed E-state index contributed by atoms with van der Waals surface area (Å²) < 4.78 is 5.64. The van der Waals surface area contributed by atoms with E-state index in [2.05, 4.69) is 26.5 Å². The lowest BCUT2D eigenvalue weighted by molar-refractivity contribution is -0.153. The Morgan fingerprint density at radius 3 is 2.16 bits per heavy atom. The SMILES string of the molecule is CCCCCOC(CCCCC)(CC(=O)O)C(=O)S. The molecule has 0 aromatic heterocycles. The summed E-state index contributed by atoms with van der Waals surface area (Å²) in [6.45, 7) is 4.55. The number of hydrogen-bond acceptors (Lipinski definition) is 3. The standard InChI is InChI=1S/C14H26O4S/c1-3-5-7-9-14(13(17)19,11-12(15)16)18-10-8-6-4-2/h3-11H2,1-2H3,(H,15,16)(H,17,19). The summed E-state index contributed by atoms with van der Waals surface area (Å²) in [6, 6.07) is 0. The third-order valence-electron chi connectivity index (χ3n) is 3.14. The molecule has 0 spiro atoms. The fourth-order valence-corrected chi connectivity index (χ4v) is 2.24. The molecule has 112 valence electrons. The molecule has 0 aromatic carbocycles. The van der Waals surface area contributed by atoms with Gasteiger partial charge < -0.3 is 9.84 Å². The highest BCUT2D eigenvalue weighted by Crippen LogP contribution is 2.27. The van der Waals surface area contributed by atoms with Crippen molar-refractivity contribution in [1.82, 2.24) is 0 Å². The normalized spacial score (nSPS) is 14.1. The van der Waals surface area contributed by atoms with Gasteiger partial charge in [0.1, 0.15) is 5.60 Å². The summed E-state index contributed by atoms with van der Waals surface area (Å²) in [6.07, 6.45) is 5.79. The van der Waals surface area contributed by atoms with Crippen molar-refractivity contribution < 1.29 is 19.4 Å². The number of thiol groups is 1. The summed E-state index contributed by atoms with van der Waals surface area (Å²) in [5, 5.41) is 8.52. The molecule has 0 saturated heterocycles. The van der Waals surface area contributed by atoms with Crippen LogP contribution in [-0.2, 0) is 14.3 Å². The smallest absolute Gasteiger partial charge is 0.306 e. The van der Waals surface area contributed by atoms with Crippen molar-refractivity contribution in [2.24, 2.45) is 0 Å². The summed E-state index contributed by atoms with van der Waals surface area (Å²) in [5.41, 5.74) is -1.25. The number of carbonyl (C=O) groups is 2. The van der Waals surface area contributed by atoms with Gasteiger partial charge in [-0.2, -0.15) is 0 Å². The fourth-order valence-electron chi connectivity index (χ4n) is 1.98. The molecule has 0 saturated carbocycles. The van der Waals surface area contributed by atoms with E-state index in [9.17, 15) is 9.59 Å². The molecule has 0 radical (unpaired) electrons. The highest BCUT2D eigenvalue weighted by molar-refractivity contribution is 7.96. The number of carboxylic acids is 1. The van der Waals surface area contributed by atoms with Crippen LogP contribution < -0.4 is 0 Å². The summed E-state index contributed by atoms with van der Waals surface area (Å²) in [7, 11) is 0. The zero-order valence-corrected chi connectivity index (χ0v) is 12.9. The third kappa shape index (κ3) is 7.57. The Hall–Kier alpha value is -0.550. The Morgan fingerprint density at radius 2 is 1.68 bits per heavy atom. The van der Waals surface area contributed by atoms with Gasteiger partial charge in [0.25, 0.3) is 0 Å². The van der Waals surface area contributed by atoms with Gasteiger partial charge in [-0.05, 0) is 12.8 Å². The van der Waals surface area contributed by atoms with E-state index in [1.54, 1.807) is 0 Å². The molecule has 1 unspecified atom stereocenters. The van der Waals surface area contributed by atoms with E-state index in [1.165, 1.54) is 0 Å². The van der Waals surface area contributed by atoms with Gasteiger partial charge in [0.15, 0.2) is 0 Å². The molecule has 0 bridgehead atoms. The van der Waals surface area contributed by atoms with Gasteiger partial charge in [0, 0.05) is 6.61 Å². The first kappa shape index (κ1) is 18.4. The van der Waals surface area contributed by atoms with Crippen molar-refractivity contribution in [3.8, 4) is 0 Å². The van der Waals surface area contributed by atoms with Crippen molar-refractivity contribution in [2.75, 3.05) is 6.61 Å². The maximum atomic E-state index is 11.7. The van der Waals surface area contributed by atoms with Crippen LogP contribution in [0, 0.1) is 0 Å². The van der Waals surface area contributed by atoms with Crippen molar-refractivity contribution >= 4 is 23.7 Å². The molecule has 4 nitrogen and oxygen atoms in total. The van der Waals surface area contributed by atoms with Crippen LogP contribution in [0.1, 0.15) is 65.2 Å². The average molecular weight is 290 g/mol. The molecule has 0 aliphatic rings. The third-order valence-corrected chi connectivity index (χ3v) is 3.54. The second kappa shape index (κ2) is 10.3. The van der Waals surface area contributed by atoms with E-state index in [0.717, 1.165) is 38.5 Å². The minimum atomic E-state index is -1.25. The van der Waals surface area contributed by atoms with E-state index in [4.69, 9.17) is 9.84 Å². The quantitative estimate of drug-likeness (QED) is 0.427. The van der Waals surface area contributed by atoms with E-state index < -0.39 is 16.7 Å². The van der Waals surface area contributed by atoms with Crippen molar-refractivity contribution in [2.45, 2.75) is 70.8 Å². The van der Waals surface area contributed by atoms with Gasteiger partial charge in [0.05, 0.1) is 6.42 Å². The molecule has 0 fully saturated rings. The van der Waals surface area contributed by atoms with Crippen LogP contribution in [0.25, 0.3) is 0 Å². The predicted octanol–water partition coefficient (Wildman–Crippen LogP) is 3.44. The van der Waals surface area contributed by atoms with Crippen molar-refractivity contribution in [3.05, 3.63) is 0 Å². The van der Waals surface area contributed by atoms with Crippen molar-refractivity contribution in [1.29, 1.82) is 0 Å². The average Bonchev–Trinajstić information content (AvgIpc) is 2.33. The first-order chi connectivity index (χ1) is 8.98. The van der Waals surface area contributed by atoms with Gasteiger partial charge in [-0.25, -0.2) is 0 Å². The number of unbranched alkanes of at least 4 members (excludes halogenated alkanes) is 4. The summed E-state index contributed by atoms with van der Waals surface area (Å²) in [5.74, 6) is -1.02. The molecule has 19 heavy (non-hydrogen) atoms. The number of carboxylic acid groups (broad SMARTS) is 1. The highest BCUT2D eigenvalue weighted by atomic mass is 32.1. The monoisotopic (exact) mass is 290 g/mol. The van der Waals surface area contributed by atoms with Crippen LogP contribution in [0.2, 0.25) is 0 Å². The molecule has 0 aromatic rings. The van der Waals surface area contributed by atoms with Crippen molar-refractivity contribution in [3.63, 3.8) is 0 Å². The number of carbonyl (C=O) groups excluding carboxylic acids is 1. The molecular weight excluding hydrogens is 264 g/mol. The molecule has 0 heterocycles. The van der Waals surface area contributed by atoms with Crippen LogP contribution in [0.5, 0.6) is 0 Å². The number of rotatable bonds is 12. The molecule has 5 heteroatoms. The Balaban J connectivity index is 4.61. The number of aliphatic carboxylic acids is 1. The predicted molar refractivity (Wildman–Crippen MR) is 78.6 cm³/mol. The Kier molecular flexibility index (Phi) is 9.97. The Bertz CT molecular complexity index is 281. The molecular formula is C14H26O4S. The van der Waals surface area contributed by atoms with Crippen LogP contribution in [0.3, 0.4) is 0 Å². The van der Waals surface area contributed by atoms with Gasteiger partial charge in [-0.15, -0.1) is 12.6 Å². The Morgan fingerprint density at radius 1 is 1.11 bits per heavy atom. The maximum Gasteiger partial charge on any atom is 0.306 e. The molecule has 0 rings (SSSR count). The van der Waals surface area contributed by atoms with Crippen LogP contribution >= 0.6 is 12.6 Å². The second-order valence-corrected chi connectivity index (χ2v) is 5.29. The minimum absolute atomic E-state index is 0.300. The van der Waals surface area contributed by atoms with Crippen LogP contribution in [-0.4, -0.2) is 28.4 Å². The van der Waals surface area contributed by atoms with E-state index in [0.29, 0.717) is 13.0 Å². The van der Waals surface area contributed by atoms with E-state index >= 15 is 0 Å². The molecule has 0 aliphatic carbocycles. The molecule has 1 atom stereocenters. The minimum Gasteiger partial charge on any atom is -0.481 e. The summed E-state index contributed by atoms with van der Waals surface area (Å²) >= 11 is 3.85. The maximum absolute atomic E-state index is 11.7. The second-order valence-electron chi connectivity index (χ2n) is 4.88. The number of ether oxygens (including phenoxy) is 1. The lowest BCUT2D eigenvalue weighted by Gasteiger charge is -2.29. The highest BCUT2D eigenvalue weighted by Gasteiger charge is 2.39. The fraction of sp³-hybridized carbons (Fsp3) is 0.857. The largest absolute Gasteiger partial charge is 0.481 e. The molecule has 1 N–H and O–H groups in total. The van der Waals surface area contributed by atoms with Crippen LogP contribution in [0.15, 0.2) is 0 Å². The van der Waals surface area contributed by atoms with Gasteiger partial charge in [0.2, 0.25) is 5.12 Å². The Labute approximate surface area is 121 Å².